The van der Waals surface area contributed by atoms with E-state index in [1.807, 2.05) is 0 Å². The molecule has 0 saturated carbocycles. The number of nitrogens with one attached hydrogen (secondary N) is 1. The number of alkyl halides is 1. The van der Waals surface area contributed by atoms with Crippen LogP contribution < -0.4 is 5.32 Å². The maximum Gasteiger partial charge on any atom is 0.159 e. The Balaban J connectivity index is 2.34. The average Bonchev–Trinajstić information content (AvgIpc) is 2.24. The molecule has 0 heterocycles. The van der Waals surface area contributed by atoms with Crippen molar-refractivity contribution in [3.05, 3.63) is 35.4 Å². The number of hydrogen-bond acceptors (Lipinski definition) is 2. The lowest BCUT2D eigenvalue weighted by atomic mass is 10.2. The van der Waals surface area contributed by atoms with E-state index in [1.165, 1.54) is 12.1 Å². The molecule has 1 rings (SSSR count). The number of benzene rings is 1. The molecule has 0 aromatic heterocycles. The fourth-order valence-corrected chi connectivity index (χ4v) is 1.50. The van der Waals surface area contributed by atoms with Crippen LogP contribution in [0.25, 0.3) is 0 Å². The van der Waals surface area contributed by atoms with Crippen molar-refractivity contribution in [1.29, 1.82) is 0 Å². The predicted octanol–water partition coefficient (Wildman–Crippen LogP) is 2.31. The first-order valence-electron chi connectivity index (χ1n) is 4.91. The molecule has 0 radical (unpaired) electrons. The molecule has 1 N–H and O–H groups in total. The van der Waals surface area contributed by atoms with Gasteiger partial charge in [-0.05, 0) is 17.7 Å². The summed E-state index contributed by atoms with van der Waals surface area (Å²) in [5, 5.41) is 2.90. The van der Waals surface area contributed by atoms with Crippen LogP contribution in [-0.2, 0) is 11.3 Å². The van der Waals surface area contributed by atoms with E-state index >= 15 is 0 Å². The third-order valence-corrected chi connectivity index (χ3v) is 2.31. The van der Waals surface area contributed by atoms with E-state index in [9.17, 15) is 8.78 Å². The van der Waals surface area contributed by atoms with Crippen LogP contribution in [0.5, 0.6) is 0 Å². The maximum atomic E-state index is 12.8. The van der Waals surface area contributed by atoms with Crippen molar-refractivity contribution in [1.82, 2.24) is 5.32 Å². The maximum absolute atomic E-state index is 12.8. The van der Waals surface area contributed by atoms with Gasteiger partial charge in [0.05, 0.1) is 12.0 Å². The SMILES string of the molecule is COCC(Cl)CNCc1ccc(F)c(F)c1. The van der Waals surface area contributed by atoms with Crippen molar-refractivity contribution in [3.63, 3.8) is 0 Å². The Labute approximate surface area is 98.6 Å². The first kappa shape index (κ1) is 13.4. The van der Waals surface area contributed by atoms with Crippen molar-refractivity contribution < 1.29 is 13.5 Å². The van der Waals surface area contributed by atoms with E-state index in [4.69, 9.17) is 16.3 Å². The number of rotatable bonds is 6. The van der Waals surface area contributed by atoms with Gasteiger partial charge in [-0.2, -0.15) is 0 Å². The van der Waals surface area contributed by atoms with E-state index < -0.39 is 11.6 Å². The third-order valence-electron chi connectivity index (χ3n) is 2.03. The van der Waals surface area contributed by atoms with Crippen LogP contribution in [-0.4, -0.2) is 25.6 Å². The molecule has 1 unspecified atom stereocenters. The molecule has 1 aromatic rings. The van der Waals surface area contributed by atoms with Crippen LogP contribution in [0.2, 0.25) is 0 Å². The van der Waals surface area contributed by atoms with Crippen molar-refractivity contribution in [3.8, 4) is 0 Å². The second-order valence-electron chi connectivity index (χ2n) is 3.43. The van der Waals surface area contributed by atoms with Crippen molar-refractivity contribution in [2.45, 2.75) is 11.9 Å². The van der Waals surface area contributed by atoms with Crippen molar-refractivity contribution in [2.24, 2.45) is 0 Å². The van der Waals surface area contributed by atoms with Gasteiger partial charge >= 0.3 is 0 Å². The van der Waals surface area contributed by atoms with E-state index in [1.54, 1.807) is 7.11 Å². The van der Waals surface area contributed by atoms with Crippen molar-refractivity contribution in [2.75, 3.05) is 20.3 Å². The molecule has 16 heavy (non-hydrogen) atoms. The summed E-state index contributed by atoms with van der Waals surface area (Å²) in [7, 11) is 1.57. The first-order valence-corrected chi connectivity index (χ1v) is 5.34. The number of methoxy groups -OCH3 is 1. The molecule has 1 aromatic carbocycles. The molecule has 0 aliphatic rings. The Kier molecular flexibility index (Phi) is 5.66. The minimum absolute atomic E-state index is 0.129. The highest BCUT2D eigenvalue weighted by atomic mass is 35.5. The second kappa shape index (κ2) is 6.78. The van der Waals surface area contributed by atoms with Gasteiger partial charge in [-0.3, -0.25) is 0 Å². The second-order valence-corrected chi connectivity index (χ2v) is 4.05. The van der Waals surface area contributed by atoms with E-state index in [-0.39, 0.29) is 5.38 Å². The molecule has 0 aliphatic heterocycles. The molecule has 5 heteroatoms. The van der Waals surface area contributed by atoms with Gasteiger partial charge in [0.2, 0.25) is 0 Å². The summed E-state index contributed by atoms with van der Waals surface area (Å²) in [4.78, 5) is 0. The quantitative estimate of drug-likeness (QED) is 0.782. The van der Waals surface area contributed by atoms with Gasteiger partial charge in [-0.1, -0.05) is 6.07 Å². The number of hydrogen-bond donors (Lipinski definition) is 1. The summed E-state index contributed by atoms with van der Waals surface area (Å²) >= 11 is 5.88. The smallest absolute Gasteiger partial charge is 0.159 e. The minimum atomic E-state index is -0.835. The average molecular weight is 250 g/mol. The monoisotopic (exact) mass is 249 g/mol. The Bertz CT molecular complexity index is 336. The minimum Gasteiger partial charge on any atom is -0.383 e. The Morgan fingerprint density at radius 3 is 2.75 bits per heavy atom. The summed E-state index contributed by atoms with van der Waals surface area (Å²) in [6, 6.07) is 3.81. The lowest BCUT2D eigenvalue weighted by Crippen LogP contribution is -2.25. The topological polar surface area (TPSA) is 21.3 Å². The van der Waals surface area contributed by atoms with E-state index in [0.29, 0.717) is 25.3 Å². The van der Waals surface area contributed by atoms with Gasteiger partial charge < -0.3 is 10.1 Å². The number of ether oxygens (including phenoxy) is 1. The van der Waals surface area contributed by atoms with Crippen LogP contribution in [0, 0.1) is 11.6 Å². The summed E-state index contributed by atoms with van der Waals surface area (Å²) in [5.74, 6) is -1.67. The van der Waals surface area contributed by atoms with Crippen LogP contribution in [0.15, 0.2) is 18.2 Å². The Hall–Kier alpha value is -0.710. The molecule has 2 nitrogen and oxygen atoms in total. The standard InChI is InChI=1S/C11H14ClF2NO/c1-16-7-9(12)6-15-5-8-2-3-10(13)11(14)4-8/h2-4,9,15H,5-7H2,1H3. The largest absolute Gasteiger partial charge is 0.383 e. The zero-order valence-corrected chi connectivity index (χ0v) is 9.73. The highest BCUT2D eigenvalue weighted by Crippen LogP contribution is 2.08. The zero-order valence-electron chi connectivity index (χ0n) is 8.97. The number of halogens is 3. The molecule has 0 saturated heterocycles. The predicted molar refractivity (Wildman–Crippen MR) is 59.6 cm³/mol. The molecule has 0 spiro atoms. The summed E-state index contributed by atoms with van der Waals surface area (Å²) < 4.78 is 30.3. The highest BCUT2D eigenvalue weighted by Gasteiger charge is 2.05. The fraction of sp³-hybridized carbons (Fsp3) is 0.455. The lowest BCUT2D eigenvalue weighted by Gasteiger charge is -2.09. The molecule has 0 amide bonds. The Morgan fingerprint density at radius 1 is 1.38 bits per heavy atom. The van der Waals surface area contributed by atoms with Gasteiger partial charge in [0.1, 0.15) is 0 Å². The van der Waals surface area contributed by atoms with E-state index in [2.05, 4.69) is 5.32 Å². The molecular formula is C11H14ClF2NO. The van der Waals surface area contributed by atoms with Crippen LogP contribution in [0.4, 0.5) is 8.78 Å². The zero-order chi connectivity index (χ0) is 12.0. The van der Waals surface area contributed by atoms with Gasteiger partial charge in [0, 0.05) is 20.2 Å². The van der Waals surface area contributed by atoms with Crippen LogP contribution >= 0.6 is 11.6 Å². The van der Waals surface area contributed by atoms with Crippen LogP contribution in [0.1, 0.15) is 5.56 Å². The van der Waals surface area contributed by atoms with Gasteiger partial charge in [-0.15, -0.1) is 11.6 Å². The molecule has 90 valence electrons. The first-order chi connectivity index (χ1) is 7.63. The van der Waals surface area contributed by atoms with E-state index in [0.717, 1.165) is 6.07 Å². The summed E-state index contributed by atoms with van der Waals surface area (Å²) in [5.41, 5.74) is 0.681. The Morgan fingerprint density at radius 2 is 2.12 bits per heavy atom. The molecule has 0 bridgehead atoms. The summed E-state index contributed by atoms with van der Waals surface area (Å²) in [6.07, 6.45) is 0. The third kappa shape index (κ3) is 4.43. The van der Waals surface area contributed by atoms with Gasteiger partial charge in [0.15, 0.2) is 11.6 Å². The molecule has 1 atom stereocenters. The molecular weight excluding hydrogens is 236 g/mol. The van der Waals surface area contributed by atoms with Gasteiger partial charge in [-0.25, -0.2) is 8.78 Å². The normalized spacial score (nSPS) is 12.8. The summed E-state index contributed by atoms with van der Waals surface area (Å²) in [6.45, 7) is 1.45. The fourth-order valence-electron chi connectivity index (χ4n) is 1.26. The molecule has 0 fully saturated rings. The van der Waals surface area contributed by atoms with Crippen LogP contribution in [0.3, 0.4) is 0 Å². The molecule has 0 aliphatic carbocycles. The van der Waals surface area contributed by atoms with Crippen molar-refractivity contribution >= 4 is 11.6 Å². The highest BCUT2D eigenvalue weighted by molar-refractivity contribution is 6.20. The van der Waals surface area contributed by atoms with Gasteiger partial charge in [0.25, 0.3) is 0 Å². The lowest BCUT2D eigenvalue weighted by molar-refractivity contribution is 0.197.